The van der Waals surface area contributed by atoms with Gasteiger partial charge in [0.15, 0.2) is 0 Å². The Morgan fingerprint density at radius 1 is 1.14 bits per heavy atom. The summed E-state index contributed by atoms with van der Waals surface area (Å²) in [4.78, 5) is 15.3. The first-order valence-corrected chi connectivity index (χ1v) is 11.0. The molecule has 156 valence electrons. The zero-order valence-corrected chi connectivity index (χ0v) is 18.2. The molecule has 0 spiro atoms. The van der Waals surface area contributed by atoms with Crippen LogP contribution in [0.2, 0.25) is 0 Å². The Balaban J connectivity index is 1.33. The molecule has 2 aromatic rings. The second-order valence-corrected chi connectivity index (χ2v) is 9.82. The number of carbonyl (C=O) groups is 1. The highest BCUT2D eigenvalue weighted by Gasteiger charge is 2.33. The summed E-state index contributed by atoms with van der Waals surface area (Å²) in [5, 5.41) is 7.92. The van der Waals surface area contributed by atoms with Crippen molar-refractivity contribution in [3.63, 3.8) is 0 Å². The van der Waals surface area contributed by atoms with Gasteiger partial charge in [0.1, 0.15) is 5.69 Å². The largest absolute Gasteiger partial charge is 0.348 e. The molecule has 2 aliphatic rings. The minimum atomic E-state index is -0.0996. The fraction of sp³-hybridized carbons (Fsp3) is 0.583. The van der Waals surface area contributed by atoms with Crippen molar-refractivity contribution < 1.29 is 4.79 Å². The van der Waals surface area contributed by atoms with Gasteiger partial charge in [-0.05, 0) is 65.0 Å². The van der Waals surface area contributed by atoms with Gasteiger partial charge in [0.2, 0.25) is 0 Å². The number of piperidine rings is 1. The first-order valence-electron chi connectivity index (χ1n) is 11.0. The lowest BCUT2D eigenvalue weighted by atomic mass is 10.0. The predicted octanol–water partition coefficient (Wildman–Crippen LogP) is 4.22. The number of hydrogen-bond donors (Lipinski definition) is 1. The van der Waals surface area contributed by atoms with Gasteiger partial charge in [0, 0.05) is 37.3 Å². The van der Waals surface area contributed by atoms with Gasteiger partial charge in [-0.1, -0.05) is 29.8 Å². The van der Waals surface area contributed by atoms with Crippen molar-refractivity contribution >= 4 is 5.91 Å². The molecule has 1 aliphatic carbocycles. The third kappa shape index (κ3) is 4.89. The molecule has 1 aromatic heterocycles. The molecule has 4 rings (SSSR count). The summed E-state index contributed by atoms with van der Waals surface area (Å²) in [6, 6.07) is 11.0. The third-order valence-electron chi connectivity index (χ3n) is 6.01. The Labute approximate surface area is 174 Å². The van der Waals surface area contributed by atoms with E-state index < -0.39 is 0 Å². The van der Waals surface area contributed by atoms with Crippen LogP contribution >= 0.6 is 0 Å². The van der Waals surface area contributed by atoms with Crippen LogP contribution < -0.4 is 5.32 Å². The number of rotatable bonds is 5. The molecular weight excluding hydrogens is 360 g/mol. The van der Waals surface area contributed by atoms with E-state index >= 15 is 0 Å². The standard InChI is InChI=1S/C24H34N4O/c1-17-6-5-7-18(14-17)16-27-12-10-20(11-13-27)25-23(29)21-15-22(19-8-9-19)28(26-21)24(2,3)4/h5-7,14-15,19-20H,8-13,16H2,1-4H3,(H,25,29). The van der Waals surface area contributed by atoms with E-state index in [1.807, 2.05) is 6.07 Å². The van der Waals surface area contributed by atoms with Crippen molar-refractivity contribution in [3.05, 3.63) is 52.8 Å². The molecule has 0 atom stereocenters. The van der Waals surface area contributed by atoms with Crippen LogP contribution in [0.3, 0.4) is 0 Å². The lowest BCUT2D eigenvalue weighted by Gasteiger charge is -2.32. The SMILES string of the molecule is Cc1cccc(CN2CCC(NC(=O)c3cc(C4CC4)n(C(C)(C)C)n3)CC2)c1. The quantitative estimate of drug-likeness (QED) is 0.826. The fourth-order valence-corrected chi connectivity index (χ4v) is 4.28. The number of amides is 1. The van der Waals surface area contributed by atoms with Gasteiger partial charge in [0.25, 0.3) is 5.91 Å². The molecule has 1 amide bonds. The van der Waals surface area contributed by atoms with Crippen molar-refractivity contribution in [2.45, 2.75) is 77.4 Å². The van der Waals surface area contributed by atoms with Crippen molar-refractivity contribution in [1.29, 1.82) is 0 Å². The molecule has 0 radical (unpaired) electrons. The van der Waals surface area contributed by atoms with E-state index in [1.54, 1.807) is 0 Å². The minimum Gasteiger partial charge on any atom is -0.348 e. The Morgan fingerprint density at radius 3 is 2.48 bits per heavy atom. The lowest BCUT2D eigenvalue weighted by molar-refractivity contribution is 0.0902. The molecular formula is C24H34N4O. The van der Waals surface area contributed by atoms with Gasteiger partial charge < -0.3 is 5.32 Å². The van der Waals surface area contributed by atoms with E-state index in [0.717, 1.165) is 32.5 Å². The second-order valence-electron chi connectivity index (χ2n) is 9.82. The normalized spacial score (nSPS) is 18.8. The van der Waals surface area contributed by atoms with Crippen LogP contribution in [0.15, 0.2) is 30.3 Å². The molecule has 0 unspecified atom stereocenters. The maximum absolute atomic E-state index is 12.9. The smallest absolute Gasteiger partial charge is 0.272 e. The summed E-state index contributed by atoms with van der Waals surface area (Å²) in [5.74, 6) is 0.556. The number of nitrogens with one attached hydrogen (secondary N) is 1. The summed E-state index contributed by atoms with van der Waals surface area (Å²) < 4.78 is 2.06. The van der Waals surface area contributed by atoms with E-state index in [0.29, 0.717) is 11.6 Å². The minimum absolute atomic E-state index is 0.0213. The maximum Gasteiger partial charge on any atom is 0.272 e. The molecule has 29 heavy (non-hydrogen) atoms. The Kier molecular flexibility index (Phi) is 5.52. The Morgan fingerprint density at radius 2 is 1.86 bits per heavy atom. The molecule has 2 fully saturated rings. The molecule has 1 aromatic carbocycles. The Hall–Kier alpha value is -2.14. The van der Waals surface area contributed by atoms with Crippen molar-refractivity contribution in [2.75, 3.05) is 13.1 Å². The molecule has 5 nitrogen and oxygen atoms in total. The molecule has 1 saturated carbocycles. The number of likely N-dealkylation sites (tertiary alicyclic amines) is 1. The van der Waals surface area contributed by atoms with Crippen molar-refractivity contribution in [1.82, 2.24) is 20.0 Å². The maximum atomic E-state index is 12.9. The number of nitrogens with zero attached hydrogens (tertiary/aromatic N) is 3. The second kappa shape index (κ2) is 7.94. The van der Waals surface area contributed by atoms with Crippen molar-refractivity contribution in [2.24, 2.45) is 0 Å². The zero-order chi connectivity index (χ0) is 20.6. The van der Waals surface area contributed by atoms with Crippen LogP contribution in [-0.2, 0) is 12.1 Å². The highest BCUT2D eigenvalue weighted by atomic mass is 16.2. The first-order chi connectivity index (χ1) is 13.8. The van der Waals surface area contributed by atoms with E-state index in [-0.39, 0.29) is 17.5 Å². The Bertz CT molecular complexity index is 867. The lowest BCUT2D eigenvalue weighted by Crippen LogP contribution is -2.44. The number of aromatic nitrogens is 2. The average molecular weight is 395 g/mol. The van der Waals surface area contributed by atoms with Crippen LogP contribution in [0.4, 0.5) is 0 Å². The third-order valence-corrected chi connectivity index (χ3v) is 6.01. The van der Waals surface area contributed by atoms with E-state index in [4.69, 9.17) is 0 Å². The summed E-state index contributed by atoms with van der Waals surface area (Å²) in [6.45, 7) is 11.6. The predicted molar refractivity (Wildman–Crippen MR) is 116 cm³/mol. The number of carbonyl (C=O) groups excluding carboxylic acids is 1. The topological polar surface area (TPSA) is 50.2 Å². The van der Waals surface area contributed by atoms with Crippen LogP contribution in [0.25, 0.3) is 0 Å². The molecule has 5 heteroatoms. The van der Waals surface area contributed by atoms with Gasteiger partial charge in [-0.15, -0.1) is 0 Å². The fourth-order valence-electron chi connectivity index (χ4n) is 4.28. The molecule has 0 bridgehead atoms. The van der Waals surface area contributed by atoms with Crippen LogP contribution in [-0.4, -0.2) is 39.7 Å². The molecule has 1 saturated heterocycles. The number of benzene rings is 1. The molecule has 1 aliphatic heterocycles. The number of hydrogen-bond acceptors (Lipinski definition) is 3. The summed E-state index contributed by atoms with van der Waals surface area (Å²) >= 11 is 0. The highest BCUT2D eigenvalue weighted by Crippen LogP contribution is 2.41. The molecule has 1 N–H and O–H groups in total. The molecule has 2 heterocycles. The van der Waals surface area contributed by atoms with E-state index in [9.17, 15) is 4.79 Å². The summed E-state index contributed by atoms with van der Waals surface area (Å²) in [5.41, 5.74) is 4.37. The van der Waals surface area contributed by atoms with Crippen LogP contribution in [0.1, 0.15) is 79.7 Å². The van der Waals surface area contributed by atoms with Crippen LogP contribution in [0.5, 0.6) is 0 Å². The van der Waals surface area contributed by atoms with Gasteiger partial charge in [0.05, 0.1) is 5.54 Å². The monoisotopic (exact) mass is 394 g/mol. The first kappa shape index (κ1) is 20.1. The van der Waals surface area contributed by atoms with Gasteiger partial charge in [-0.3, -0.25) is 14.4 Å². The van der Waals surface area contributed by atoms with E-state index in [2.05, 4.69) is 72.0 Å². The van der Waals surface area contributed by atoms with Gasteiger partial charge in [-0.25, -0.2) is 0 Å². The van der Waals surface area contributed by atoms with E-state index in [1.165, 1.54) is 29.7 Å². The van der Waals surface area contributed by atoms with Crippen LogP contribution in [0, 0.1) is 6.92 Å². The highest BCUT2D eigenvalue weighted by molar-refractivity contribution is 5.92. The summed E-state index contributed by atoms with van der Waals surface area (Å²) in [7, 11) is 0. The average Bonchev–Trinajstić information content (AvgIpc) is 3.40. The number of aryl methyl sites for hydroxylation is 1. The zero-order valence-electron chi connectivity index (χ0n) is 18.2. The van der Waals surface area contributed by atoms with Gasteiger partial charge in [-0.2, -0.15) is 5.10 Å². The van der Waals surface area contributed by atoms with Gasteiger partial charge >= 0.3 is 0 Å². The summed E-state index contributed by atoms with van der Waals surface area (Å²) in [6.07, 6.45) is 4.41. The van der Waals surface area contributed by atoms with Crippen molar-refractivity contribution in [3.8, 4) is 0 Å².